The lowest BCUT2D eigenvalue weighted by Crippen LogP contribution is -2.48. The van der Waals surface area contributed by atoms with Crippen molar-refractivity contribution in [1.82, 2.24) is 20.8 Å². The minimum absolute atomic E-state index is 0.0151. The van der Waals surface area contributed by atoms with Gasteiger partial charge in [-0.25, -0.2) is 8.78 Å². The van der Waals surface area contributed by atoms with Crippen LogP contribution in [0.1, 0.15) is 24.8 Å². The summed E-state index contributed by atoms with van der Waals surface area (Å²) in [5, 5.41) is 14.1. The number of nitrogens with one attached hydrogen (secondary N) is 2. The monoisotopic (exact) mass is 482 g/mol. The molecule has 0 radical (unpaired) electrons. The van der Waals surface area contributed by atoms with Gasteiger partial charge >= 0.3 is 0 Å². The van der Waals surface area contributed by atoms with Crippen molar-refractivity contribution in [3.05, 3.63) is 64.0 Å². The third-order valence-electron chi connectivity index (χ3n) is 4.95. The first-order valence-corrected chi connectivity index (χ1v) is 10.5. The number of ether oxygens (including phenoxy) is 1. The van der Waals surface area contributed by atoms with Crippen LogP contribution in [-0.2, 0) is 4.79 Å². The van der Waals surface area contributed by atoms with Gasteiger partial charge in [0.25, 0.3) is 5.91 Å². The zero-order valence-electron chi connectivity index (χ0n) is 16.6. The molecule has 3 aromatic rings. The van der Waals surface area contributed by atoms with E-state index in [2.05, 4.69) is 20.8 Å². The lowest BCUT2D eigenvalue weighted by atomic mass is 10.0. The number of hydrogen-bond acceptors (Lipinski definition) is 6. The van der Waals surface area contributed by atoms with Gasteiger partial charge in [0.2, 0.25) is 11.8 Å². The maximum atomic E-state index is 13.7. The van der Waals surface area contributed by atoms with Crippen LogP contribution in [0.15, 0.2) is 40.8 Å². The number of aromatic nitrogens is 2. The summed E-state index contributed by atoms with van der Waals surface area (Å²) in [4.78, 5) is 12.1. The van der Waals surface area contributed by atoms with Crippen LogP contribution in [-0.4, -0.2) is 35.3 Å². The Labute approximate surface area is 192 Å². The maximum absolute atomic E-state index is 13.7. The summed E-state index contributed by atoms with van der Waals surface area (Å²) in [7, 11) is 0. The average Bonchev–Trinajstić information content (AvgIpc) is 3.27. The van der Waals surface area contributed by atoms with E-state index >= 15 is 0 Å². The van der Waals surface area contributed by atoms with E-state index in [0.717, 1.165) is 6.07 Å². The Kier molecular flexibility index (Phi) is 6.88. The van der Waals surface area contributed by atoms with Crippen LogP contribution in [0.25, 0.3) is 11.5 Å². The highest BCUT2D eigenvalue weighted by Gasteiger charge is 2.27. The molecule has 7 nitrogen and oxygen atoms in total. The van der Waals surface area contributed by atoms with E-state index in [9.17, 15) is 13.6 Å². The first kappa shape index (κ1) is 22.4. The summed E-state index contributed by atoms with van der Waals surface area (Å²) in [5.41, 5.74) is 0.437. The van der Waals surface area contributed by atoms with Gasteiger partial charge in [0.05, 0.1) is 16.1 Å². The van der Waals surface area contributed by atoms with Crippen LogP contribution >= 0.6 is 23.2 Å². The largest absolute Gasteiger partial charge is 0.484 e. The minimum Gasteiger partial charge on any atom is -0.484 e. The molecule has 168 valence electrons. The van der Waals surface area contributed by atoms with Crippen LogP contribution in [0.2, 0.25) is 10.0 Å². The summed E-state index contributed by atoms with van der Waals surface area (Å²) in [6, 6.07) is 7.94. The molecule has 11 heteroatoms. The summed E-state index contributed by atoms with van der Waals surface area (Å²) in [6.07, 6.45) is 1.32. The molecule has 0 aliphatic carbocycles. The molecular weight excluding hydrogens is 465 g/mol. The van der Waals surface area contributed by atoms with Gasteiger partial charge in [-0.15, -0.1) is 10.2 Å². The first-order valence-electron chi connectivity index (χ1n) is 9.78. The average molecular weight is 483 g/mol. The highest BCUT2D eigenvalue weighted by Crippen LogP contribution is 2.27. The van der Waals surface area contributed by atoms with E-state index in [1.807, 2.05) is 0 Å². The zero-order valence-corrected chi connectivity index (χ0v) is 18.1. The molecule has 0 bridgehead atoms. The molecule has 0 saturated carbocycles. The van der Waals surface area contributed by atoms with E-state index in [0.29, 0.717) is 30.8 Å². The Morgan fingerprint density at radius 3 is 2.56 bits per heavy atom. The van der Waals surface area contributed by atoms with E-state index in [1.54, 1.807) is 6.07 Å². The second-order valence-corrected chi connectivity index (χ2v) is 8.06. The third-order valence-corrected chi connectivity index (χ3v) is 5.56. The highest BCUT2D eigenvalue weighted by atomic mass is 35.5. The molecule has 32 heavy (non-hydrogen) atoms. The van der Waals surface area contributed by atoms with Crippen LogP contribution in [0.5, 0.6) is 5.75 Å². The fraction of sp³-hybridized carbons (Fsp3) is 0.286. The van der Waals surface area contributed by atoms with Crippen LogP contribution in [0.3, 0.4) is 0 Å². The number of rotatable bonds is 6. The van der Waals surface area contributed by atoms with E-state index < -0.39 is 11.6 Å². The second kappa shape index (κ2) is 9.81. The molecule has 1 aliphatic heterocycles. The Morgan fingerprint density at radius 1 is 1.12 bits per heavy atom. The lowest BCUT2D eigenvalue weighted by Gasteiger charge is -2.28. The molecule has 2 aromatic carbocycles. The van der Waals surface area contributed by atoms with Crippen LogP contribution in [0.4, 0.5) is 8.78 Å². The number of piperidine rings is 1. The molecule has 0 unspecified atom stereocenters. The van der Waals surface area contributed by atoms with Gasteiger partial charge < -0.3 is 19.8 Å². The second-order valence-electron chi connectivity index (χ2n) is 7.24. The van der Waals surface area contributed by atoms with Gasteiger partial charge in [-0.05, 0) is 43.2 Å². The molecule has 1 saturated heterocycles. The number of nitrogens with zero attached hydrogens (tertiary/aromatic N) is 2. The van der Waals surface area contributed by atoms with Gasteiger partial charge in [0.1, 0.15) is 17.4 Å². The summed E-state index contributed by atoms with van der Waals surface area (Å²) < 4.78 is 38.1. The molecule has 1 amide bonds. The molecular formula is C21H18Cl2F2N4O3. The number of amides is 1. The predicted octanol–water partition coefficient (Wildman–Crippen LogP) is 4.31. The fourth-order valence-corrected chi connectivity index (χ4v) is 3.53. The maximum Gasteiger partial charge on any atom is 0.258 e. The third kappa shape index (κ3) is 5.35. The van der Waals surface area contributed by atoms with Crippen molar-refractivity contribution >= 4 is 29.1 Å². The van der Waals surface area contributed by atoms with Crippen molar-refractivity contribution in [3.63, 3.8) is 0 Å². The van der Waals surface area contributed by atoms with Gasteiger partial charge in [0, 0.05) is 24.2 Å². The van der Waals surface area contributed by atoms with Crippen LogP contribution in [0, 0.1) is 11.6 Å². The summed E-state index contributed by atoms with van der Waals surface area (Å²) >= 11 is 11.3. The molecule has 1 fully saturated rings. The zero-order chi connectivity index (χ0) is 22.7. The molecule has 2 N–H and O–H groups in total. The first-order chi connectivity index (χ1) is 15.4. The Hall–Kier alpha value is -2.75. The SMILES string of the molecule is O=C(COc1ccc(Cl)c(F)c1)N[C@H]1CC[C@H](c2nnc(-c3ccc(Cl)c(F)c3)o2)NC1. The van der Waals surface area contributed by atoms with Gasteiger partial charge in [-0.3, -0.25) is 4.79 Å². The molecule has 2 heterocycles. The number of hydrogen-bond donors (Lipinski definition) is 2. The van der Waals surface area contributed by atoms with Crippen molar-refractivity contribution in [2.75, 3.05) is 13.2 Å². The topological polar surface area (TPSA) is 89.3 Å². The van der Waals surface area contributed by atoms with Gasteiger partial charge in [-0.1, -0.05) is 23.2 Å². The van der Waals surface area contributed by atoms with E-state index in [-0.39, 0.29) is 46.3 Å². The normalized spacial score (nSPS) is 18.4. The molecule has 1 aliphatic rings. The molecule has 2 atom stereocenters. The van der Waals surface area contributed by atoms with Crippen LogP contribution < -0.4 is 15.4 Å². The summed E-state index contributed by atoms with van der Waals surface area (Å²) in [6.45, 7) is 0.241. The van der Waals surface area contributed by atoms with Crippen molar-refractivity contribution < 1.29 is 22.7 Å². The quantitative estimate of drug-likeness (QED) is 0.544. The summed E-state index contributed by atoms with van der Waals surface area (Å²) in [5.74, 6) is -0.704. The van der Waals surface area contributed by atoms with Crippen molar-refractivity contribution in [3.8, 4) is 17.2 Å². The lowest BCUT2D eigenvalue weighted by molar-refractivity contribution is -0.124. The van der Waals surface area contributed by atoms with Crippen molar-refractivity contribution in [2.24, 2.45) is 0 Å². The number of carbonyl (C=O) groups is 1. The van der Waals surface area contributed by atoms with E-state index in [4.69, 9.17) is 32.4 Å². The van der Waals surface area contributed by atoms with Gasteiger partial charge in [0.15, 0.2) is 6.61 Å². The minimum atomic E-state index is -0.613. The molecule has 1 aromatic heterocycles. The Morgan fingerprint density at radius 2 is 1.88 bits per heavy atom. The van der Waals surface area contributed by atoms with E-state index in [1.165, 1.54) is 24.3 Å². The van der Waals surface area contributed by atoms with Crippen molar-refractivity contribution in [2.45, 2.75) is 24.9 Å². The smallest absolute Gasteiger partial charge is 0.258 e. The standard InChI is InChI=1S/C21H18Cl2F2N4O3/c22-14-4-1-11(7-16(14)24)20-28-29-21(32-20)18-6-2-12(9-26-18)27-19(30)10-31-13-3-5-15(23)17(25)8-13/h1,3-5,7-8,12,18,26H,2,6,9-10H2,(H,27,30)/t12-,18+/m0/s1. The number of benzene rings is 2. The number of halogens is 4. The molecule has 0 spiro atoms. The highest BCUT2D eigenvalue weighted by molar-refractivity contribution is 6.31. The Balaban J connectivity index is 1.26. The molecule has 4 rings (SSSR count). The number of carbonyl (C=O) groups excluding carboxylic acids is 1. The predicted molar refractivity (Wildman–Crippen MR) is 114 cm³/mol. The van der Waals surface area contributed by atoms with Gasteiger partial charge in [-0.2, -0.15) is 0 Å². The van der Waals surface area contributed by atoms with Crippen molar-refractivity contribution in [1.29, 1.82) is 0 Å². The Bertz CT molecular complexity index is 1120. The fourth-order valence-electron chi connectivity index (χ4n) is 3.30.